The lowest BCUT2D eigenvalue weighted by Crippen LogP contribution is -2.07. The van der Waals surface area contributed by atoms with Crippen LogP contribution in [0.15, 0.2) is 32.9 Å². The number of hydrogen-bond donors (Lipinski definition) is 0. The Kier molecular flexibility index (Phi) is 4.46. The summed E-state index contributed by atoms with van der Waals surface area (Å²) in [5.74, 6) is -1.17. The van der Waals surface area contributed by atoms with Crippen molar-refractivity contribution in [3.63, 3.8) is 0 Å². The van der Waals surface area contributed by atoms with Gasteiger partial charge >= 0.3 is 18.0 Å². The van der Waals surface area contributed by atoms with Crippen molar-refractivity contribution in [1.29, 1.82) is 0 Å². The van der Waals surface area contributed by atoms with Crippen LogP contribution < -0.4 is 0 Å². The predicted octanol–water partition coefficient (Wildman–Crippen LogP) is 2.81. The first-order chi connectivity index (χ1) is 9.90. The standard InChI is InChI=1S/C11H8F3N3O3S/c1-2-19-9(18)8-16-17-10(20-8)21-7-5-3-4-6(15-7)11(12,13)14/h3-5H,2H2,1H3. The normalized spacial score (nSPS) is 11.4. The number of hydrogen-bond acceptors (Lipinski definition) is 7. The van der Waals surface area contributed by atoms with Crippen LogP contribution in [0.25, 0.3) is 0 Å². The van der Waals surface area contributed by atoms with Gasteiger partial charge in [-0.3, -0.25) is 0 Å². The topological polar surface area (TPSA) is 78.1 Å². The largest absolute Gasteiger partial charge is 0.459 e. The summed E-state index contributed by atoms with van der Waals surface area (Å²) in [5.41, 5.74) is -1.03. The fraction of sp³-hybridized carbons (Fsp3) is 0.273. The molecule has 10 heteroatoms. The molecule has 0 aliphatic carbocycles. The molecule has 0 aliphatic rings. The van der Waals surface area contributed by atoms with E-state index in [1.807, 2.05) is 0 Å². The summed E-state index contributed by atoms with van der Waals surface area (Å²) in [6, 6.07) is 3.41. The fourth-order valence-electron chi connectivity index (χ4n) is 1.25. The third-order valence-corrected chi connectivity index (χ3v) is 2.84. The Morgan fingerprint density at radius 3 is 2.81 bits per heavy atom. The van der Waals surface area contributed by atoms with Crippen molar-refractivity contribution in [1.82, 2.24) is 15.2 Å². The molecule has 21 heavy (non-hydrogen) atoms. The van der Waals surface area contributed by atoms with Gasteiger partial charge in [0.25, 0.3) is 5.22 Å². The highest BCUT2D eigenvalue weighted by Crippen LogP contribution is 2.31. The Bertz CT molecular complexity index is 645. The molecule has 2 heterocycles. The zero-order chi connectivity index (χ0) is 15.5. The minimum absolute atomic E-state index is 0.0175. The number of aromatic nitrogens is 3. The van der Waals surface area contributed by atoms with E-state index in [9.17, 15) is 18.0 Å². The molecule has 2 aromatic rings. The monoisotopic (exact) mass is 319 g/mol. The number of alkyl halides is 3. The van der Waals surface area contributed by atoms with Gasteiger partial charge in [0.2, 0.25) is 0 Å². The van der Waals surface area contributed by atoms with Crippen molar-refractivity contribution in [2.75, 3.05) is 6.61 Å². The highest BCUT2D eigenvalue weighted by Gasteiger charge is 2.32. The molecular formula is C11H8F3N3O3S. The molecule has 0 radical (unpaired) electrons. The van der Waals surface area contributed by atoms with E-state index in [0.717, 1.165) is 6.07 Å². The lowest BCUT2D eigenvalue weighted by atomic mass is 10.3. The van der Waals surface area contributed by atoms with Gasteiger partial charge in [-0.25, -0.2) is 9.78 Å². The molecule has 2 rings (SSSR count). The maximum Gasteiger partial charge on any atom is 0.433 e. The Hall–Kier alpha value is -2.10. The van der Waals surface area contributed by atoms with E-state index < -0.39 is 17.8 Å². The van der Waals surface area contributed by atoms with Crippen LogP contribution in [0.2, 0.25) is 0 Å². The summed E-state index contributed by atoms with van der Waals surface area (Å²) in [6.45, 7) is 1.75. The first-order valence-electron chi connectivity index (χ1n) is 5.63. The summed E-state index contributed by atoms with van der Waals surface area (Å²) in [6.07, 6.45) is -4.54. The van der Waals surface area contributed by atoms with Crippen molar-refractivity contribution >= 4 is 17.7 Å². The van der Waals surface area contributed by atoms with Gasteiger partial charge in [0, 0.05) is 0 Å². The third kappa shape index (κ3) is 3.94. The Morgan fingerprint density at radius 2 is 2.14 bits per heavy atom. The molecule has 0 atom stereocenters. The SMILES string of the molecule is CCOC(=O)c1nnc(Sc2cccc(C(F)(F)F)n2)o1. The van der Waals surface area contributed by atoms with Gasteiger partial charge in [-0.1, -0.05) is 11.2 Å². The average molecular weight is 319 g/mol. The smallest absolute Gasteiger partial charge is 0.433 e. The van der Waals surface area contributed by atoms with E-state index >= 15 is 0 Å². The lowest BCUT2D eigenvalue weighted by molar-refractivity contribution is -0.141. The number of rotatable bonds is 4. The molecule has 0 bridgehead atoms. The van der Waals surface area contributed by atoms with Crippen molar-refractivity contribution in [2.45, 2.75) is 23.3 Å². The highest BCUT2D eigenvalue weighted by molar-refractivity contribution is 7.99. The van der Waals surface area contributed by atoms with Crippen LogP contribution in [0.3, 0.4) is 0 Å². The van der Waals surface area contributed by atoms with E-state index in [1.54, 1.807) is 6.92 Å². The first kappa shape index (κ1) is 15.3. The Morgan fingerprint density at radius 1 is 1.38 bits per heavy atom. The molecule has 0 saturated heterocycles. The predicted molar refractivity (Wildman–Crippen MR) is 63.6 cm³/mol. The van der Waals surface area contributed by atoms with E-state index in [-0.39, 0.29) is 22.7 Å². The maximum absolute atomic E-state index is 12.5. The van der Waals surface area contributed by atoms with Gasteiger partial charge in [0.15, 0.2) is 0 Å². The van der Waals surface area contributed by atoms with Crippen LogP contribution in [-0.4, -0.2) is 27.8 Å². The Balaban J connectivity index is 2.14. The summed E-state index contributed by atoms with van der Waals surface area (Å²) < 4.78 is 47.2. The van der Waals surface area contributed by atoms with Gasteiger partial charge in [0.1, 0.15) is 10.7 Å². The molecule has 0 fully saturated rings. The van der Waals surface area contributed by atoms with E-state index in [1.165, 1.54) is 12.1 Å². The van der Waals surface area contributed by atoms with Crippen molar-refractivity contribution in [2.24, 2.45) is 0 Å². The number of halogens is 3. The average Bonchev–Trinajstić information content (AvgIpc) is 2.87. The van der Waals surface area contributed by atoms with Crippen LogP contribution in [0, 0.1) is 0 Å². The second-order valence-electron chi connectivity index (χ2n) is 3.55. The minimum Gasteiger partial charge on any atom is -0.459 e. The van der Waals surface area contributed by atoms with Crippen molar-refractivity contribution < 1.29 is 27.1 Å². The van der Waals surface area contributed by atoms with Gasteiger partial charge in [-0.2, -0.15) is 13.2 Å². The van der Waals surface area contributed by atoms with Crippen LogP contribution in [0.4, 0.5) is 13.2 Å². The van der Waals surface area contributed by atoms with Gasteiger partial charge in [-0.15, -0.1) is 5.10 Å². The number of esters is 1. The third-order valence-electron chi connectivity index (χ3n) is 2.06. The van der Waals surface area contributed by atoms with Gasteiger partial charge in [-0.05, 0) is 30.8 Å². The molecule has 0 N–H and O–H groups in total. The minimum atomic E-state index is -4.54. The summed E-state index contributed by atoms with van der Waals surface area (Å²) in [5, 5.41) is 6.88. The number of carbonyl (C=O) groups excluding carboxylic acids is 1. The second-order valence-corrected chi connectivity index (χ2v) is 4.53. The molecule has 0 saturated carbocycles. The lowest BCUT2D eigenvalue weighted by Gasteiger charge is -2.05. The van der Waals surface area contributed by atoms with E-state index in [4.69, 9.17) is 4.42 Å². The molecule has 0 spiro atoms. The van der Waals surface area contributed by atoms with E-state index in [0.29, 0.717) is 11.8 Å². The molecule has 112 valence electrons. The van der Waals surface area contributed by atoms with Crippen LogP contribution in [0.5, 0.6) is 0 Å². The fourth-order valence-corrected chi connectivity index (χ4v) is 1.92. The number of carbonyl (C=O) groups is 1. The Labute approximate surface area is 120 Å². The molecule has 6 nitrogen and oxygen atoms in total. The molecule has 0 unspecified atom stereocenters. The summed E-state index contributed by atoms with van der Waals surface area (Å²) in [4.78, 5) is 14.7. The molecule has 0 aromatic carbocycles. The van der Waals surface area contributed by atoms with Gasteiger partial charge < -0.3 is 9.15 Å². The molecular weight excluding hydrogens is 311 g/mol. The quantitative estimate of drug-likeness (QED) is 0.802. The summed E-state index contributed by atoms with van der Waals surface area (Å²) in [7, 11) is 0. The number of nitrogens with zero attached hydrogens (tertiary/aromatic N) is 3. The number of ether oxygens (including phenoxy) is 1. The zero-order valence-electron chi connectivity index (χ0n) is 10.5. The molecule has 2 aromatic heterocycles. The van der Waals surface area contributed by atoms with Crippen molar-refractivity contribution in [3.05, 3.63) is 29.8 Å². The van der Waals surface area contributed by atoms with Crippen molar-refractivity contribution in [3.8, 4) is 0 Å². The van der Waals surface area contributed by atoms with Crippen LogP contribution in [0.1, 0.15) is 23.3 Å². The van der Waals surface area contributed by atoms with E-state index in [2.05, 4.69) is 19.9 Å². The maximum atomic E-state index is 12.5. The van der Waals surface area contributed by atoms with Crippen LogP contribution >= 0.6 is 11.8 Å². The number of pyridine rings is 1. The summed E-state index contributed by atoms with van der Waals surface area (Å²) >= 11 is 0.715. The highest BCUT2D eigenvalue weighted by atomic mass is 32.2. The first-order valence-corrected chi connectivity index (χ1v) is 6.44. The molecule has 0 aliphatic heterocycles. The van der Waals surface area contributed by atoms with Crippen LogP contribution in [-0.2, 0) is 10.9 Å². The molecule has 0 amide bonds. The van der Waals surface area contributed by atoms with Gasteiger partial charge in [0.05, 0.1) is 6.61 Å². The zero-order valence-corrected chi connectivity index (χ0v) is 11.4. The second kappa shape index (κ2) is 6.12.